The topological polar surface area (TPSA) is 29.5 Å². The van der Waals surface area contributed by atoms with Crippen LogP contribution in [0.1, 0.15) is 17.7 Å². The van der Waals surface area contributed by atoms with Crippen LogP contribution in [0.5, 0.6) is 0 Å². The van der Waals surface area contributed by atoms with Gasteiger partial charge in [0, 0.05) is 22.9 Å². The molecule has 0 radical (unpaired) electrons. The number of rotatable bonds is 7. The third kappa shape index (κ3) is 5.26. The molecule has 25 heavy (non-hydrogen) atoms. The molecule has 3 rings (SSSR count). The van der Waals surface area contributed by atoms with Gasteiger partial charge in [-0.2, -0.15) is 0 Å². The third-order valence-corrected chi connectivity index (χ3v) is 5.82. The molecule has 0 saturated carbocycles. The van der Waals surface area contributed by atoms with E-state index < -0.39 is 11.6 Å². The summed E-state index contributed by atoms with van der Waals surface area (Å²) in [7, 11) is 0. The Morgan fingerprint density at radius 1 is 1.32 bits per heavy atom. The maximum atomic E-state index is 13.3. The van der Waals surface area contributed by atoms with Gasteiger partial charge in [0.15, 0.2) is 11.6 Å². The minimum absolute atomic E-state index is 0.0290. The van der Waals surface area contributed by atoms with Crippen molar-refractivity contribution in [2.75, 3.05) is 18.9 Å². The lowest BCUT2D eigenvalue weighted by Crippen LogP contribution is -2.37. The summed E-state index contributed by atoms with van der Waals surface area (Å²) in [5.74, 6) is -1.62. The summed E-state index contributed by atoms with van der Waals surface area (Å²) >= 11 is 2.83. The Bertz CT molecular complexity index is 703. The summed E-state index contributed by atoms with van der Waals surface area (Å²) < 4.78 is 31.9. The van der Waals surface area contributed by atoms with Gasteiger partial charge in [0.05, 0.1) is 18.4 Å². The normalized spacial score (nSPS) is 17.0. The van der Waals surface area contributed by atoms with Crippen molar-refractivity contribution in [3.05, 3.63) is 52.2 Å². The smallest absolute Gasteiger partial charge is 0.233 e. The fourth-order valence-corrected chi connectivity index (χ4v) is 4.23. The summed E-state index contributed by atoms with van der Waals surface area (Å²) in [4.78, 5) is 16.1. The van der Waals surface area contributed by atoms with Gasteiger partial charge in [-0.15, -0.1) is 23.1 Å². The zero-order valence-electron chi connectivity index (χ0n) is 13.6. The van der Waals surface area contributed by atoms with E-state index in [4.69, 9.17) is 4.74 Å². The number of hydrogen-bond donors (Lipinski definition) is 0. The van der Waals surface area contributed by atoms with Gasteiger partial charge in [0.2, 0.25) is 5.91 Å². The van der Waals surface area contributed by atoms with Gasteiger partial charge >= 0.3 is 0 Å². The molecule has 1 fully saturated rings. The standard InChI is InChI=1S/C18H19F2NO2S2/c19-16-6-5-14(9-17(16)20)25-12-18(22)21(10-13-3-1-7-23-13)11-15-4-2-8-24-15/h2,4-6,8-9,13H,1,3,7,10-12H2. The van der Waals surface area contributed by atoms with Crippen molar-refractivity contribution < 1.29 is 18.3 Å². The fourth-order valence-electron chi connectivity index (χ4n) is 2.68. The Hall–Kier alpha value is -1.44. The fraction of sp³-hybridized carbons (Fsp3) is 0.389. The van der Waals surface area contributed by atoms with E-state index in [9.17, 15) is 13.6 Å². The first-order valence-corrected chi connectivity index (χ1v) is 9.98. The third-order valence-electron chi connectivity index (χ3n) is 3.98. The Morgan fingerprint density at radius 3 is 2.88 bits per heavy atom. The quantitative estimate of drug-likeness (QED) is 0.667. The van der Waals surface area contributed by atoms with Crippen molar-refractivity contribution in [3.8, 4) is 0 Å². The van der Waals surface area contributed by atoms with Crippen LogP contribution in [0.2, 0.25) is 0 Å². The second kappa shape index (κ2) is 8.78. The molecule has 1 unspecified atom stereocenters. The summed E-state index contributed by atoms with van der Waals surface area (Å²) in [5, 5.41) is 1.99. The molecule has 0 spiro atoms. The second-order valence-corrected chi connectivity index (χ2v) is 7.93. The molecular weight excluding hydrogens is 364 g/mol. The number of thioether (sulfide) groups is 1. The number of halogens is 2. The number of thiophene rings is 1. The average Bonchev–Trinajstić information content (AvgIpc) is 3.29. The second-order valence-electron chi connectivity index (χ2n) is 5.85. The molecule has 0 bridgehead atoms. The van der Waals surface area contributed by atoms with E-state index in [0.29, 0.717) is 18.0 Å². The number of amides is 1. The van der Waals surface area contributed by atoms with Crippen molar-refractivity contribution in [1.29, 1.82) is 0 Å². The summed E-state index contributed by atoms with van der Waals surface area (Å²) in [6, 6.07) is 7.66. The van der Waals surface area contributed by atoms with Crippen molar-refractivity contribution in [1.82, 2.24) is 4.90 Å². The molecule has 0 aliphatic carbocycles. The van der Waals surface area contributed by atoms with Gasteiger partial charge in [-0.3, -0.25) is 4.79 Å². The van der Waals surface area contributed by atoms with Crippen LogP contribution in [0.3, 0.4) is 0 Å². The van der Waals surface area contributed by atoms with E-state index in [0.717, 1.165) is 36.5 Å². The average molecular weight is 383 g/mol. The summed E-state index contributed by atoms with van der Waals surface area (Å²) in [6.45, 7) is 1.86. The molecule has 2 heterocycles. The molecule has 7 heteroatoms. The number of hydrogen-bond acceptors (Lipinski definition) is 4. The molecule has 1 aromatic heterocycles. The zero-order chi connectivity index (χ0) is 17.6. The van der Waals surface area contributed by atoms with Gasteiger partial charge in [-0.1, -0.05) is 6.07 Å². The first kappa shape index (κ1) is 18.4. The molecular formula is C18H19F2NO2S2. The predicted octanol–water partition coefficient (Wildman–Crippen LogP) is 4.33. The van der Waals surface area contributed by atoms with Crippen LogP contribution in [0.15, 0.2) is 40.6 Å². The van der Waals surface area contributed by atoms with E-state index in [1.807, 2.05) is 17.5 Å². The SMILES string of the molecule is O=C(CSc1ccc(F)c(F)c1)N(Cc1cccs1)CC1CCCO1. The van der Waals surface area contributed by atoms with E-state index in [2.05, 4.69) is 0 Å². The van der Waals surface area contributed by atoms with Crippen LogP contribution >= 0.6 is 23.1 Å². The van der Waals surface area contributed by atoms with Crippen molar-refractivity contribution >= 4 is 29.0 Å². The maximum absolute atomic E-state index is 13.3. The zero-order valence-corrected chi connectivity index (χ0v) is 15.3. The number of carbonyl (C=O) groups excluding carboxylic acids is 1. The van der Waals surface area contributed by atoms with Gasteiger partial charge < -0.3 is 9.64 Å². The molecule has 1 aliphatic rings. The van der Waals surface area contributed by atoms with Crippen LogP contribution in [0.25, 0.3) is 0 Å². The van der Waals surface area contributed by atoms with Gasteiger partial charge in [0.25, 0.3) is 0 Å². The van der Waals surface area contributed by atoms with Crippen LogP contribution in [-0.4, -0.2) is 35.8 Å². The Morgan fingerprint density at radius 2 is 2.20 bits per heavy atom. The van der Waals surface area contributed by atoms with Gasteiger partial charge in [-0.25, -0.2) is 8.78 Å². The van der Waals surface area contributed by atoms with Crippen molar-refractivity contribution in [2.24, 2.45) is 0 Å². The van der Waals surface area contributed by atoms with Crippen LogP contribution in [0, 0.1) is 11.6 Å². The maximum Gasteiger partial charge on any atom is 0.233 e. The minimum atomic E-state index is -0.896. The van der Waals surface area contributed by atoms with Gasteiger partial charge in [-0.05, 0) is 42.5 Å². The first-order valence-electron chi connectivity index (χ1n) is 8.11. The van der Waals surface area contributed by atoms with E-state index >= 15 is 0 Å². The van der Waals surface area contributed by atoms with Crippen LogP contribution in [-0.2, 0) is 16.1 Å². The minimum Gasteiger partial charge on any atom is -0.376 e. The van der Waals surface area contributed by atoms with E-state index in [1.54, 1.807) is 16.2 Å². The highest BCUT2D eigenvalue weighted by Crippen LogP contribution is 2.23. The summed E-state index contributed by atoms with van der Waals surface area (Å²) in [6.07, 6.45) is 2.07. The van der Waals surface area contributed by atoms with Crippen molar-refractivity contribution in [2.45, 2.75) is 30.4 Å². The molecule has 1 amide bonds. The van der Waals surface area contributed by atoms with Crippen LogP contribution in [0.4, 0.5) is 8.78 Å². The lowest BCUT2D eigenvalue weighted by Gasteiger charge is -2.25. The molecule has 1 aromatic carbocycles. The van der Waals surface area contributed by atoms with E-state index in [1.165, 1.54) is 17.8 Å². The highest BCUT2D eigenvalue weighted by Gasteiger charge is 2.23. The largest absolute Gasteiger partial charge is 0.376 e. The Kier molecular flexibility index (Phi) is 6.45. The molecule has 134 valence electrons. The molecule has 0 N–H and O–H groups in total. The van der Waals surface area contributed by atoms with E-state index in [-0.39, 0.29) is 17.8 Å². The molecule has 3 nitrogen and oxygen atoms in total. The predicted molar refractivity (Wildman–Crippen MR) is 95.8 cm³/mol. The highest BCUT2D eigenvalue weighted by atomic mass is 32.2. The highest BCUT2D eigenvalue weighted by molar-refractivity contribution is 8.00. The van der Waals surface area contributed by atoms with Crippen LogP contribution < -0.4 is 0 Å². The molecule has 1 aliphatic heterocycles. The number of carbonyl (C=O) groups is 1. The number of benzene rings is 1. The molecule has 1 atom stereocenters. The number of nitrogens with zero attached hydrogens (tertiary/aromatic N) is 1. The lowest BCUT2D eigenvalue weighted by atomic mass is 10.2. The Labute approximate surface area is 154 Å². The molecule has 1 saturated heterocycles. The lowest BCUT2D eigenvalue weighted by molar-refractivity contribution is -0.130. The summed E-state index contributed by atoms with van der Waals surface area (Å²) in [5.41, 5.74) is 0. The van der Waals surface area contributed by atoms with Gasteiger partial charge in [0.1, 0.15) is 0 Å². The monoisotopic (exact) mass is 383 g/mol. The Balaban J connectivity index is 1.61. The molecule has 2 aromatic rings. The number of ether oxygens (including phenoxy) is 1. The first-order chi connectivity index (χ1) is 12.1. The van der Waals surface area contributed by atoms with Crippen molar-refractivity contribution in [3.63, 3.8) is 0 Å².